The van der Waals surface area contributed by atoms with E-state index in [9.17, 15) is 19.2 Å². The minimum atomic E-state index is -1.11. The van der Waals surface area contributed by atoms with Crippen LogP contribution in [0, 0.1) is 5.92 Å². The van der Waals surface area contributed by atoms with E-state index in [0.717, 1.165) is 12.8 Å². The molecule has 0 radical (unpaired) electrons. The number of ether oxygens (including phenoxy) is 1. The normalized spacial score (nSPS) is 19.5. The van der Waals surface area contributed by atoms with Gasteiger partial charge >= 0.3 is 0 Å². The molecule has 1 aromatic rings. The van der Waals surface area contributed by atoms with Gasteiger partial charge in [-0.05, 0) is 45.0 Å². The first-order valence-electron chi connectivity index (χ1n) is 13.2. The standard InChI is InChI=1S/C27H43N5O5/c1-6-7-13-32-15-16-37-23-11-9-8-10-20(23)25(34)30-21(26(35)28-12-14-31(4)5)18-24(33)29-22(27(32)36)17-19(2)3/h8-11,19,21-22H,6-7,12-18H2,1-5H3,(H,28,35)(H,29,33)(H,30,34)/t21-,22-/m0/s1. The number of amides is 4. The van der Waals surface area contributed by atoms with Crippen LogP contribution in [0.1, 0.15) is 56.8 Å². The molecule has 0 fully saturated rings. The summed E-state index contributed by atoms with van der Waals surface area (Å²) >= 11 is 0. The largest absolute Gasteiger partial charge is 0.491 e. The first-order valence-corrected chi connectivity index (χ1v) is 13.2. The van der Waals surface area contributed by atoms with Gasteiger partial charge in [0.05, 0.1) is 18.5 Å². The number of unbranched alkanes of at least 4 members (excludes halogenated alkanes) is 1. The number of hydrogen-bond donors (Lipinski definition) is 3. The number of hydrogen-bond acceptors (Lipinski definition) is 6. The van der Waals surface area contributed by atoms with Crippen LogP contribution in [0.3, 0.4) is 0 Å². The van der Waals surface area contributed by atoms with Gasteiger partial charge in [0.15, 0.2) is 0 Å². The SMILES string of the molecule is CCCCN1CCOc2ccccc2C(=O)N[C@H](C(=O)NCCN(C)C)CC(=O)N[C@@H](CC(C)C)C1=O. The summed E-state index contributed by atoms with van der Waals surface area (Å²) in [5.41, 5.74) is 0.259. The van der Waals surface area contributed by atoms with E-state index in [2.05, 4.69) is 22.9 Å². The molecule has 1 heterocycles. The average Bonchev–Trinajstić information content (AvgIpc) is 2.84. The van der Waals surface area contributed by atoms with E-state index in [1.807, 2.05) is 32.8 Å². The van der Waals surface area contributed by atoms with Crippen LogP contribution in [-0.2, 0) is 14.4 Å². The van der Waals surface area contributed by atoms with Gasteiger partial charge in [0.1, 0.15) is 24.4 Å². The Kier molecular flexibility index (Phi) is 12.4. The third kappa shape index (κ3) is 10.0. The van der Waals surface area contributed by atoms with Gasteiger partial charge in [-0.2, -0.15) is 0 Å². The van der Waals surface area contributed by atoms with Crippen LogP contribution < -0.4 is 20.7 Å². The summed E-state index contributed by atoms with van der Waals surface area (Å²) in [6, 6.07) is 4.91. The fourth-order valence-electron chi connectivity index (χ4n) is 4.05. The molecule has 10 nitrogen and oxygen atoms in total. The number of nitrogens with one attached hydrogen (secondary N) is 3. The van der Waals surface area contributed by atoms with Crippen LogP contribution in [0.15, 0.2) is 24.3 Å². The molecule has 0 aliphatic carbocycles. The van der Waals surface area contributed by atoms with Gasteiger partial charge in [0.2, 0.25) is 17.7 Å². The first kappa shape index (κ1) is 30.1. The molecule has 0 unspecified atom stereocenters. The zero-order valence-corrected chi connectivity index (χ0v) is 22.8. The van der Waals surface area contributed by atoms with Crippen molar-refractivity contribution in [3.05, 3.63) is 29.8 Å². The van der Waals surface area contributed by atoms with Gasteiger partial charge < -0.3 is 30.5 Å². The molecule has 4 amide bonds. The lowest BCUT2D eigenvalue weighted by Gasteiger charge is -2.30. The third-order valence-corrected chi connectivity index (χ3v) is 6.05. The Bertz CT molecular complexity index is 920. The van der Waals surface area contributed by atoms with Crippen molar-refractivity contribution in [1.29, 1.82) is 0 Å². The highest BCUT2D eigenvalue weighted by Gasteiger charge is 2.30. The van der Waals surface area contributed by atoms with Crippen molar-refractivity contribution in [2.75, 3.05) is 46.9 Å². The first-order chi connectivity index (χ1) is 17.6. The average molecular weight is 518 g/mol. The number of likely N-dealkylation sites (N-methyl/N-ethyl adjacent to an activating group) is 1. The number of fused-ring (bicyclic) bond motifs is 1. The minimum absolute atomic E-state index is 0.161. The van der Waals surface area contributed by atoms with E-state index >= 15 is 0 Å². The molecule has 1 aliphatic heterocycles. The Labute approximate surface area is 220 Å². The van der Waals surface area contributed by atoms with Gasteiger partial charge in [-0.3, -0.25) is 19.2 Å². The van der Waals surface area contributed by atoms with Crippen LogP contribution in [0.2, 0.25) is 0 Å². The fraction of sp³-hybridized carbons (Fsp3) is 0.630. The van der Waals surface area contributed by atoms with Crippen LogP contribution in [0.4, 0.5) is 0 Å². The molecule has 3 N–H and O–H groups in total. The molecule has 1 aromatic carbocycles. The Balaban J connectivity index is 2.38. The quantitative estimate of drug-likeness (QED) is 0.456. The van der Waals surface area contributed by atoms with Gasteiger partial charge in [-0.25, -0.2) is 0 Å². The molecule has 2 rings (SSSR count). The van der Waals surface area contributed by atoms with Crippen molar-refractivity contribution in [3.8, 4) is 5.75 Å². The van der Waals surface area contributed by atoms with Crippen LogP contribution in [0.5, 0.6) is 5.75 Å². The molecule has 0 aromatic heterocycles. The van der Waals surface area contributed by atoms with E-state index < -0.39 is 29.8 Å². The molecule has 1 aliphatic rings. The van der Waals surface area contributed by atoms with Gasteiger partial charge in [0.25, 0.3) is 5.91 Å². The molecule has 0 bridgehead atoms. The number of nitrogens with zero attached hydrogens (tertiary/aromatic N) is 2. The number of rotatable bonds is 9. The highest BCUT2D eigenvalue weighted by Crippen LogP contribution is 2.19. The van der Waals surface area contributed by atoms with Crippen molar-refractivity contribution >= 4 is 23.6 Å². The molecule has 2 atom stereocenters. The Hall–Kier alpha value is -3.14. The molecule has 0 saturated heterocycles. The zero-order valence-electron chi connectivity index (χ0n) is 22.8. The molecular weight excluding hydrogens is 474 g/mol. The predicted molar refractivity (Wildman–Crippen MR) is 142 cm³/mol. The maximum absolute atomic E-state index is 13.5. The van der Waals surface area contributed by atoms with Crippen molar-refractivity contribution in [3.63, 3.8) is 0 Å². The number of carbonyl (C=O) groups is 4. The highest BCUT2D eigenvalue weighted by molar-refractivity contribution is 6.01. The summed E-state index contributed by atoms with van der Waals surface area (Å²) in [5, 5.41) is 8.32. The minimum Gasteiger partial charge on any atom is -0.491 e. The van der Waals surface area contributed by atoms with E-state index in [4.69, 9.17) is 4.74 Å². The maximum Gasteiger partial charge on any atom is 0.255 e. The number of carbonyl (C=O) groups excluding carboxylic acids is 4. The Morgan fingerprint density at radius 3 is 2.59 bits per heavy atom. The summed E-state index contributed by atoms with van der Waals surface area (Å²) in [4.78, 5) is 56.4. The van der Waals surface area contributed by atoms with Crippen molar-refractivity contribution in [1.82, 2.24) is 25.8 Å². The maximum atomic E-state index is 13.5. The summed E-state index contributed by atoms with van der Waals surface area (Å²) in [6.45, 7) is 8.06. The molecule has 37 heavy (non-hydrogen) atoms. The summed E-state index contributed by atoms with van der Waals surface area (Å²) in [7, 11) is 3.77. The van der Waals surface area contributed by atoms with E-state index in [1.165, 1.54) is 0 Å². The van der Waals surface area contributed by atoms with E-state index in [-0.39, 0.29) is 30.4 Å². The van der Waals surface area contributed by atoms with Gasteiger partial charge in [0, 0.05) is 19.6 Å². The second kappa shape index (κ2) is 15.2. The van der Waals surface area contributed by atoms with Gasteiger partial charge in [-0.1, -0.05) is 39.3 Å². The summed E-state index contributed by atoms with van der Waals surface area (Å²) in [5.74, 6) is -1.09. The second-order valence-corrected chi connectivity index (χ2v) is 10.1. The van der Waals surface area contributed by atoms with Crippen LogP contribution in [0.25, 0.3) is 0 Å². The topological polar surface area (TPSA) is 120 Å². The van der Waals surface area contributed by atoms with Crippen molar-refractivity contribution < 1.29 is 23.9 Å². The van der Waals surface area contributed by atoms with Crippen molar-refractivity contribution in [2.24, 2.45) is 5.92 Å². The molecule has 0 spiro atoms. The second-order valence-electron chi connectivity index (χ2n) is 10.1. The fourth-order valence-corrected chi connectivity index (χ4v) is 4.05. The molecule has 10 heteroatoms. The lowest BCUT2D eigenvalue weighted by molar-refractivity contribution is -0.137. The van der Waals surface area contributed by atoms with Crippen LogP contribution >= 0.6 is 0 Å². The predicted octanol–water partition coefficient (Wildman–Crippen LogP) is 1.40. The number of benzene rings is 1. The molecule has 206 valence electrons. The van der Waals surface area contributed by atoms with Gasteiger partial charge in [-0.15, -0.1) is 0 Å². The van der Waals surface area contributed by atoms with Crippen LogP contribution in [-0.4, -0.2) is 92.4 Å². The van der Waals surface area contributed by atoms with E-state index in [1.54, 1.807) is 29.2 Å². The lowest BCUT2D eigenvalue weighted by Crippen LogP contribution is -2.54. The monoisotopic (exact) mass is 517 g/mol. The smallest absolute Gasteiger partial charge is 0.255 e. The zero-order chi connectivity index (χ0) is 27.4. The summed E-state index contributed by atoms with van der Waals surface area (Å²) < 4.78 is 5.94. The third-order valence-electron chi connectivity index (χ3n) is 6.05. The lowest BCUT2D eigenvalue weighted by atomic mass is 10.0. The Morgan fingerprint density at radius 1 is 1.19 bits per heavy atom. The van der Waals surface area contributed by atoms with E-state index in [0.29, 0.717) is 38.3 Å². The summed E-state index contributed by atoms with van der Waals surface area (Å²) in [6.07, 6.45) is 1.91. The molecular formula is C27H43N5O5. The molecule has 0 saturated carbocycles. The highest BCUT2D eigenvalue weighted by atomic mass is 16.5. The number of para-hydroxylation sites is 1. The van der Waals surface area contributed by atoms with Crippen molar-refractivity contribution in [2.45, 2.75) is 58.5 Å². The Morgan fingerprint density at radius 2 is 1.92 bits per heavy atom.